The Kier molecular flexibility index (Phi) is 6.09. The summed E-state index contributed by atoms with van der Waals surface area (Å²) in [5.74, 6) is -0.0719. The summed E-state index contributed by atoms with van der Waals surface area (Å²) in [6.45, 7) is 7.51. The predicted molar refractivity (Wildman–Crippen MR) is 69.9 cm³/mol. The molecule has 0 saturated carbocycles. The van der Waals surface area contributed by atoms with Gasteiger partial charge < -0.3 is 5.73 Å². The first-order valence-electron chi connectivity index (χ1n) is 4.72. The van der Waals surface area contributed by atoms with E-state index in [2.05, 4.69) is 19.2 Å². The molecule has 0 fully saturated rings. The van der Waals surface area contributed by atoms with Crippen molar-refractivity contribution in [1.29, 1.82) is 0 Å². The highest BCUT2D eigenvalue weighted by molar-refractivity contribution is 7.79. The maximum Gasteiger partial charge on any atom is 0.128 e. The van der Waals surface area contributed by atoms with Crippen molar-refractivity contribution in [3.63, 3.8) is 0 Å². The van der Waals surface area contributed by atoms with Crippen molar-refractivity contribution in [3.05, 3.63) is 35.7 Å². The van der Waals surface area contributed by atoms with E-state index in [9.17, 15) is 4.39 Å². The number of thiol groups is 1. The van der Waals surface area contributed by atoms with Crippen LogP contribution in [0.2, 0.25) is 0 Å². The van der Waals surface area contributed by atoms with Gasteiger partial charge >= 0.3 is 0 Å². The third-order valence-corrected chi connectivity index (χ3v) is 2.04. The summed E-state index contributed by atoms with van der Waals surface area (Å²) >= 11 is 3.53. The largest absolute Gasteiger partial charge is 0.398 e. The van der Waals surface area contributed by atoms with Crippen LogP contribution in [0.25, 0.3) is 6.08 Å². The first-order chi connectivity index (χ1) is 7.06. The number of rotatable bonds is 2. The Morgan fingerprint density at radius 1 is 1.40 bits per heavy atom. The third kappa shape index (κ3) is 3.59. The van der Waals surface area contributed by atoms with Gasteiger partial charge in [-0.1, -0.05) is 26.5 Å². The van der Waals surface area contributed by atoms with Crippen LogP contribution in [0.4, 0.5) is 10.1 Å². The summed E-state index contributed by atoms with van der Waals surface area (Å²) in [5.41, 5.74) is 7.51. The molecule has 0 heterocycles. The van der Waals surface area contributed by atoms with E-state index in [0.717, 1.165) is 5.56 Å². The molecule has 0 aromatic heterocycles. The van der Waals surface area contributed by atoms with Gasteiger partial charge in [-0.2, -0.15) is 12.6 Å². The van der Waals surface area contributed by atoms with Crippen LogP contribution < -0.4 is 5.73 Å². The Bertz CT molecular complexity index is 335. The summed E-state index contributed by atoms with van der Waals surface area (Å²) < 4.78 is 13.3. The molecule has 0 aliphatic rings. The molecule has 1 aromatic rings. The minimum absolute atomic E-state index is 0.166. The average molecular weight is 227 g/mol. The van der Waals surface area contributed by atoms with Crippen molar-refractivity contribution in [2.24, 2.45) is 0 Å². The summed E-state index contributed by atoms with van der Waals surface area (Å²) in [6.07, 6.45) is 3.33. The van der Waals surface area contributed by atoms with Crippen LogP contribution in [0.5, 0.6) is 0 Å². The van der Waals surface area contributed by atoms with E-state index < -0.39 is 0 Å². The quantitative estimate of drug-likeness (QED) is 0.584. The Labute approximate surface area is 96.6 Å². The molecule has 0 atom stereocenters. The van der Waals surface area contributed by atoms with Gasteiger partial charge in [0, 0.05) is 5.69 Å². The lowest BCUT2D eigenvalue weighted by Gasteiger charge is -2.09. The van der Waals surface area contributed by atoms with Gasteiger partial charge in [-0.3, -0.25) is 0 Å². The summed E-state index contributed by atoms with van der Waals surface area (Å²) in [5, 5.41) is 0. The summed E-state index contributed by atoms with van der Waals surface area (Å²) in [7, 11) is 0. The number of nitrogens with two attached hydrogens (primary N) is 1. The molecule has 0 saturated heterocycles. The Morgan fingerprint density at radius 2 is 1.93 bits per heavy atom. The molecule has 1 nitrogen and oxygen atoms in total. The second kappa shape index (κ2) is 6.51. The van der Waals surface area contributed by atoms with Crippen LogP contribution >= 0.6 is 12.6 Å². The van der Waals surface area contributed by atoms with Gasteiger partial charge in [0.25, 0.3) is 0 Å². The molecule has 0 spiro atoms. The normalized spacial score (nSPS) is 9.47. The van der Waals surface area contributed by atoms with Gasteiger partial charge in [0.05, 0.1) is 0 Å². The van der Waals surface area contributed by atoms with Crippen molar-refractivity contribution in [1.82, 2.24) is 0 Å². The minimum Gasteiger partial charge on any atom is -0.398 e. The monoisotopic (exact) mass is 227 g/mol. The second-order valence-electron chi connectivity index (χ2n) is 3.36. The lowest BCUT2D eigenvalue weighted by Crippen LogP contribution is -1.98. The SMILES string of the molecule is C=Cc1cc(C(C)C)c(F)cc1N.CS. The van der Waals surface area contributed by atoms with Crippen LogP contribution in [0.1, 0.15) is 30.9 Å². The van der Waals surface area contributed by atoms with Gasteiger partial charge in [-0.05, 0) is 35.4 Å². The highest BCUT2D eigenvalue weighted by Gasteiger charge is 2.08. The molecule has 1 aromatic carbocycles. The molecule has 0 aliphatic heterocycles. The van der Waals surface area contributed by atoms with Crippen molar-refractivity contribution >= 4 is 24.4 Å². The maximum atomic E-state index is 13.3. The third-order valence-electron chi connectivity index (χ3n) is 2.04. The van der Waals surface area contributed by atoms with E-state index in [-0.39, 0.29) is 11.7 Å². The van der Waals surface area contributed by atoms with Crippen LogP contribution in [0.3, 0.4) is 0 Å². The maximum absolute atomic E-state index is 13.3. The van der Waals surface area contributed by atoms with Crippen LogP contribution in [0, 0.1) is 5.82 Å². The van der Waals surface area contributed by atoms with Gasteiger partial charge in [0.15, 0.2) is 0 Å². The van der Waals surface area contributed by atoms with E-state index >= 15 is 0 Å². The smallest absolute Gasteiger partial charge is 0.128 e. The molecule has 2 N–H and O–H groups in total. The second-order valence-corrected chi connectivity index (χ2v) is 3.36. The van der Waals surface area contributed by atoms with Gasteiger partial charge in [-0.15, -0.1) is 0 Å². The zero-order chi connectivity index (χ0) is 12.0. The van der Waals surface area contributed by atoms with Gasteiger partial charge in [-0.25, -0.2) is 4.39 Å². The minimum atomic E-state index is -0.238. The van der Waals surface area contributed by atoms with E-state index in [1.165, 1.54) is 6.07 Å². The lowest BCUT2D eigenvalue weighted by atomic mass is 9.99. The number of benzene rings is 1. The van der Waals surface area contributed by atoms with E-state index in [1.807, 2.05) is 13.8 Å². The summed E-state index contributed by atoms with van der Waals surface area (Å²) in [4.78, 5) is 0. The zero-order valence-corrected chi connectivity index (χ0v) is 10.3. The molecule has 84 valence electrons. The van der Waals surface area contributed by atoms with E-state index in [4.69, 9.17) is 5.73 Å². The Balaban J connectivity index is 0.000000921. The van der Waals surface area contributed by atoms with Gasteiger partial charge in [0.2, 0.25) is 0 Å². The number of nitrogen functional groups attached to an aromatic ring is 1. The van der Waals surface area contributed by atoms with E-state index in [1.54, 1.807) is 18.4 Å². The average Bonchev–Trinajstić information content (AvgIpc) is 2.20. The molecule has 0 bridgehead atoms. The molecule has 1 rings (SSSR count). The standard InChI is InChI=1S/C11H14FN.CH4S/c1-4-8-5-9(7(2)3)10(12)6-11(8)13;1-2/h4-7H,1,13H2,2-3H3;2H,1H3. The first-order valence-corrected chi connectivity index (χ1v) is 5.61. The number of hydrogen-bond donors (Lipinski definition) is 2. The Hall–Kier alpha value is -0.960. The number of anilines is 1. The number of halogens is 1. The van der Waals surface area contributed by atoms with Crippen LogP contribution in [0.15, 0.2) is 18.7 Å². The predicted octanol–water partition coefficient (Wildman–Crippen LogP) is 3.72. The Morgan fingerprint density at radius 3 is 2.33 bits per heavy atom. The molecular formula is C12H18FNS. The molecule has 0 amide bonds. The molecule has 0 aliphatic carbocycles. The van der Waals surface area contributed by atoms with E-state index in [0.29, 0.717) is 11.3 Å². The van der Waals surface area contributed by atoms with Crippen molar-refractivity contribution in [3.8, 4) is 0 Å². The fourth-order valence-corrected chi connectivity index (χ4v) is 1.24. The summed E-state index contributed by atoms with van der Waals surface area (Å²) in [6, 6.07) is 3.11. The van der Waals surface area contributed by atoms with Crippen molar-refractivity contribution in [2.45, 2.75) is 19.8 Å². The number of hydrogen-bond acceptors (Lipinski definition) is 2. The topological polar surface area (TPSA) is 26.0 Å². The van der Waals surface area contributed by atoms with Crippen LogP contribution in [-0.4, -0.2) is 6.26 Å². The molecule has 0 unspecified atom stereocenters. The zero-order valence-electron chi connectivity index (χ0n) is 9.42. The highest BCUT2D eigenvalue weighted by Crippen LogP contribution is 2.24. The van der Waals surface area contributed by atoms with Crippen molar-refractivity contribution in [2.75, 3.05) is 12.0 Å². The van der Waals surface area contributed by atoms with Crippen LogP contribution in [-0.2, 0) is 0 Å². The van der Waals surface area contributed by atoms with Crippen molar-refractivity contribution < 1.29 is 4.39 Å². The molecule has 15 heavy (non-hydrogen) atoms. The fraction of sp³-hybridized carbons (Fsp3) is 0.333. The highest BCUT2D eigenvalue weighted by atomic mass is 32.1. The molecular weight excluding hydrogens is 209 g/mol. The first kappa shape index (κ1) is 14.0. The molecule has 0 radical (unpaired) electrons. The lowest BCUT2D eigenvalue weighted by molar-refractivity contribution is 0.599. The van der Waals surface area contributed by atoms with Gasteiger partial charge in [0.1, 0.15) is 5.82 Å². The fourth-order valence-electron chi connectivity index (χ4n) is 1.24. The molecule has 3 heteroatoms.